The van der Waals surface area contributed by atoms with Crippen molar-refractivity contribution in [1.82, 2.24) is 0 Å². The van der Waals surface area contributed by atoms with Crippen molar-refractivity contribution in [2.45, 2.75) is 153 Å². The molecule has 127 heavy (non-hydrogen) atoms. The van der Waals surface area contributed by atoms with Gasteiger partial charge in [-0.25, -0.2) is 52.7 Å². The molecular formula is C77H69F19N12O19. The Kier molecular flexibility index (Phi) is 47.8. The Morgan fingerprint density at radius 2 is 0.709 bits per heavy atom. The van der Waals surface area contributed by atoms with Gasteiger partial charge in [0.15, 0.2) is 40.4 Å². The SMILES string of the molecule is C[C@H](O)CN.O=C=O.O=C=O.O=C=O.O=C=O.[C-]#[N+]c1ccc(F)cc1C(F)(F)F.[C-]#[N+]c1ccc(N2C(=O)O[C@@H](C)[C@@H]2C)cc1C(F)(F)F.[C-]#[N+]c1ccc(N2C(=O)O[C@@H](C)[C@@H]2CO)cc1C(F)(F)F.[C-]#[N+]c1ccc(N2C(=O)O[C@@H](C)[C@@H]2OC)cc1C(F)(F)F.[C-]#[N+]c1ccc(NC[C@H](C)O)cc1C(F)(F)F.[C-]#[N+]c1ccc(N[C@@H](C)[C@H](C)O)cc1C(F)(F)F. The topological polar surface area (TPSA) is 392 Å². The first kappa shape index (κ1) is 115. The quantitative estimate of drug-likeness (QED) is 0.0340. The molecule has 3 amide bonds. The normalized spacial score (nSPS) is 16.7. The Labute approximate surface area is 707 Å². The zero-order chi connectivity index (χ0) is 98.8. The van der Waals surface area contributed by atoms with Gasteiger partial charge in [0.2, 0.25) is 0 Å². The van der Waals surface area contributed by atoms with Gasteiger partial charge in [-0.15, -0.1) is 0 Å². The van der Waals surface area contributed by atoms with E-state index >= 15 is 0 Å². The van der Waals surface area contributed by atoms with Crippen LogP contribution in [0.3, 0.4) is 0 Å². The average Bonchev–Trinajstić information content (AvgIpc) is 1.64. The lowest BCUT2D eigenvalue weighted by Crippen LogP contribution is -2.38. The molecule has 0 unspecified atom stereocenters. The van der Waals surface area contributed by atoms with Gasteiger partial charge in [-0.3, -0.25) is 9.80 Å². The molecule has 8 N–H and O–H groups in total. The van der Waals surface area contributed by atoms with Crippen molar-refractivity contribution in [2.24, 2.45) is 5.73 Å². The Morgan fingerprint density at radius 1 is 0.433 bits per heavy atom. The van der Waals surface area contributed by atoms with Crippen molar-refractivity contribution >= 4 is 105 Å². The molecule has 0 bridgehead atoms. The van der Waals surface area contributed by atoms with Gasteiger partial charge in [0.1, 0.15) is 30.2 Å². The standard InChI is InChI=1S/2C13H11F3N2O3.C13H11F3N2O2.C12H13F3N2O.C11H11F3N2O.C8H3F4N.C3H9NO.4CO2/c1-7-11(20-3)18(12(19)21-7)8-4-5-10(17-2)9(6-8)13(14,15)16;1-7-11(6-19)18(12(20)21-7)8-3-4-10(17-2)9(5-8)13(14,15)16;1-7-8(2)20-12(19)18(7)9-4-5-11(17-3)10(6-9)13(14,15)16;1-7(8(2)18)17-9-4-5-11(16-3)10(6-9)12(13,14)15;1-7(17)6-16-8-3-4-10(15-2)9(5-8)11(12,13)14;1-13-7-3-2-5(9)4-6(7)8(10,11)12;1-3(5)2-4;4*2-1-3/h4-7,11H,1,3H3;3-5,7,11,19H,6H2,1H3;4-8H,1-2H3;4-8,17-18H,1-2H3;3-5,7,16-17H,6H2,1H3;2-4H;3,5H,2,4H2,1H3;;;;/t2*7-,11-;2*7-,8-;7-;;3-;;;;/m00000.0..../s1. The minimum atomic E-state index is -4.71. The van der Waals surface area contributed by atoms with E-state index in [2.05, 4.69) is 39.7 Å². The van der Waals surface area contributed by atoms with Crippen LogP contribution in [0.25, 0.3) is 29.1 Å². The molecule has 3 saturated heterocycles. The fourth-order valence-corrected chi connectivity index (χ4v) is 9.73. The van der Waals surface area contributed by atoms with Crippen LogP contribution >= 0.6 is 0 Å². The van der Waals surface area contributed by atoms with Gasteiger partial charge in [0.05, 0.1) is 104 Å². The molecule has 0 saturated carbocycles. The number of amides is 3. The molecule has 3 heterocycles. The number of nitrogens with zero attached hydrogens (tertiary/aromatic N) is 9. The third-order valence-electron chi connectivity index (χ3n) is 15.8. The predicted octanol–water partition coefficient (Wildman–Crippen LogP) is 17.4. The van der Waals surface area contributed by atoms with Gasteiger partial charge in [0, 0.05) is 54.7 Å². The number of anilines is 5. The van der Waals surface area contributed by atoms with Crippen LogP contribution in [-0.2, 0) is 94.4 Å². The van der Waals surface area contributed by atoms with Crippen LogP contribution in [0.1, 0.15) is 88.8 Å². The summed E-state index contributed by atoms with van der Waals surface area (Å²) < 4.78 is 261. The Hall–Kier alpha value is -14.4. The van der Waals surface area contributed by atoms with Crippen molar-refractivity contribution in [2.75, 3.05) is 52.1 Å². The smallest absolute Gasteiger partial charge is 0.416 e. The molecule has 50 heteroatoms. The maximum Gasteiger partial charge on any atom is 0.416 e. The predicted molar refractivity (Wildman–Crippen MR) is 398 cm³/mol. The number of hydrogen-bond donors (Lipinski definition) is 7. The number of cyclic esters (lactones) is 3. The first-order valence-corrected chi connectivity index (χ1v) is 34.3. The zero-order valence-electron chi connectivity index (χ0n) is 66.5. The van der Waals surface area contributed by atoms with E-state index in [9.17, 15) is 108 Å². The Morgan fingerprint density at radius 3 is 1.01 bits per heavy atom. The fraction of sp³-hybridized carbons (Fsp3) is 0.364. The molecule has 3 aliphatic heterocycles. The van der Waals surface area contributed by atoms with Crippen molar-refractivity contribution in [3.8, 4) is 0 Å². The van der Waals surface area contributed by atoms with Crippen molar-refractivity contribution in [3.63, 3.8) is 0 Å². The van der Waals surface area contributed by atoms with E-state index in [0.717, 1.165) is 87.5 Å². The third-order valence-corrected chi connectivity index (χ3v) is 15.8. The molecular weight excluding hydrogens is 1760 g/mol. The summed E-state index contributed by atoms with van der Waals surface area (Å²) in [6, 6.07) is 16.3. The summed E-state index contributed by atoms with van der Waals surface area (Å²) in [6.07, 6.45) is -33.3. The summed E-state index contributed by atoms with van der Waals surface area (Å²) in [5, 5.41) is 41.2. The highest BCUT2D eigenvalue weighted by Crippen LogP contribution is 2.46. The molecule has 0 aliphatic carbocycles. The lowest BCUT2D eigenvalue weighted by molar-refractivity contribution is -0.193. The monoisotopic (exact) mass is 1830 g/mol. The number of carbonyl (C=O) groups excluding carboxylic acids is 11. The molecule has 3 fully saturated rings. The largest absolute Gasteiger partial charge is 0.444 e. The molecule has 6 aromatic rings. The molecule has 3 aliphatic rings. The van der Waals surface area contributed by atoms with Crippen LogP contribution in [0.4, 0.5) is 160 Å². The number of methoxy groups -OCH3 is 1. The van der Waals surface area contributed by atoms with Gasteiger partial charge < -0.3 is 55.7 Å². The number of ether oxygens (including phenoxy) is 4. The average molecular weight is 1830 g/mol. The summed E-state index contributed by atoms with van der Waals surface area (Å²) in [5.41, 5.74) is -4.12. The summed E-state index contributed by atoms with van der Waals surface area (Å²) >= 11 is 0. The number of hydrogen-bond acceptors (Lipinski definition) is 22. The summed E-state index contributed by atoms with van der Waals surface area (Å²) in [4.78, 5) is 120. The second-order valence-corrected chi connectivity index (χ2v) is 24.7. The maximum absolute atomic E-state index is 12.9. The number of benzene rings is 6. The highest BCUT2D eigenvalue weighted by Gasteiger charge is 2.45. The molecule has 684 valence electrons. The molecule has 0 aromatic heterocycles. The van der Waals surface area contributed by atoms with E-state index in [1.165, 1.54) is 58.2 Å². The molecule has 10 atom stereocenters. The first-order chi connectivity index (χ1) is 58.8. The minimum Gasteiger partial charge on any atom is -0.444 e. The number of nitrogens with one attached hydrogen (secondary N) is 2. The van der Waals surface area contributed by atoms with Gasteiger partial charge >= 0.3 is 79.9 Å². The second kappa shape index (κ2) is 52.9. The molecule has 0 radical (unpaired) electrons. The van der Waals surface area contributed by atoms with Gasteiger partial charge in [-0.2, -0.15) is 117 Å². The van der Waals surface area contributed by atoms with Crippen LogP contribution in [0.5, 0.6) is 0 Å². The molecule has 9 rings (SSSR count). The lowest BCUT2D eigenvalue weighted by atomic mass is 10.1. The zero-order valence-corrected chi connectivity index (χ0v) is 66.5. The Balaban J connectivity index is 0. The van der Waals surface area contributed by atoms with E-state index in [1.807, 2.05) is 0 Å². The molecule has 31 nitrogen and oxygen atoms in total. The highest BCUT2D eigenvalue weighted by molar-refractivity contribution is 5.93. The number of halogens is 19. The Bertz CT molecular complexity index is 4910. The van der Waals surface area contributed by atoms with Crippen molar-refractivity contribution in [1.29, 1.82) is 0 Å². The van der Waals surface area contributed by atoms with Crippen molar-refractivity contribution in [3.05, 3.63) is 217 Å². The molecule has 0 spiro atoms. The summed E-state index contributed by atoms with van der Waals surface area (Å²) in [5.74, 6) is -1.00. The van der Waals surface area contributed by atoms with Gasteiger partial charge in [-0.1, -0.05) is 36.4 Å². The number of nitrogens with two attached hydrogens (primary N) is 1. The lowest BCUT2D eigenvalue weighted by Gasteiger charge is -2.23. The minimum absolute atomic E-state index is 0.0316. The fourth-order valence-electron chi connectivity index (χ4n) is 9.73. The highest BCUT2D eigenvalue weighted by atomic mass is 19.4. The number of alkyl halides is 18. The van der Waals surface area contributed by atoms with E-state index in [0.29, 0.717) is 12.6 Å². The van der Waals surface area contributed by atoms with E-state index in [1.54, 1.807) is 34.6 Å². The van der Waals surface area contributed by atoms with Crippen molar-refractivity contribution < 1.29 is 176 Å². The van der Waals surface area contributed by atoms with Crippen LogP contribution in [0, 0.1) is 45.3 Å². The molecule has 6 aromatic carbocycles. The van der Waals surface area contributed by atoms with Crippen LogP contribution < -0.4 is 31.1 Å². The van der Waals surface area contributed by atoms with E-state index in [4.69, 9.17) is 113 Å². The van der Waals surface area contributed by atoms with Gasteiger partial charge in [0.25, 0.3) is 0 Å². The number of aliphatic hydroxyl groups excluding tert-OH is 4. The van der Waals surface area contributed by atoms with Crippen LogP contribution in [-0.4, -0.2) is 151 Å². The third kappa shape index (κ3) is 36.9. The first-order valence-electron chi connectivity index (χ1n) is 34.3. The van der Waals surface area contributed by atoms with Crippen LogP contribution in [0.2, 0.25) is 0 Å². The number of rotatable bonds is 12. The summed E-state index contributed by atoms with van der Waals surface area (Å²) in [7, 11) is 1.33. The van der Waals surface area contributed by atoms with Gasteiger partial charge in [-0.05, 0) is 128 Å². The van der Waals surface area contributed by atoms with E-state index < -0.39 is 178 Å². The number of aliphatic hydroxyl groups is 4. The summed E-state index contributed by atoms with van der Waals surface area (Å²) in [6.45, 7) is 53.0. The number of carbonyl (C=O) groups is 3. The maximum atomic E-state index is 12.9. The second-order valence-electron chi connectivity index (χ2n) is 24.7. The van der Waals surface area contributed by atoms with E-state index in [-0.39, 0.29) is 77.8 Å². The van der Waals surface area contributed by atoms with Crippen LogP contribution in [0.15, 0.2) is 109 Å².